The zero-order valence-corrected chi connectivity index (χ0v) is 18.4. The van der Waals surface area contributed by atoms with Crippen LogP contribution in [0.3, 0.4) is 0 Å². The number of piperidine rings is 1. The summed E-state index contributed by atoms with van der Waals surface area (Å²) in [5, 5.41) is 6.25. The maximum absolute atomic E-state index is 13.3. The first kappa shape index (κ1) is 20.8. The normalized spacial score (nSPS) is 20.2. The number of hydrogen-bond donors (Lipinski definition) is 2. The molecule has 9 heteroatoms. The van der Waals surface area contributed by atoms with Crippen LogP contribution < -0.4 is 10.6 Å². The number of nitrogens with one attached hydrogen (secondary N) is 2. The molecule has 0 saturated carbocycles. The van der Waals surface area contributed by atoms with E-state index in [-0.39, 0.29) is 21.7 Å². The molecule has 2 aromatic rings. The van der Waals surface area contributed by atoms with Crippen molar-refractivity contribution in [2.75, 3.05) is 19.6 Å². The summed E-state index contributed by atoms with van der Waals surface area (Å²) in [6, 6.07) is 9.47. The van der Waals surface area contributed by atoms with E-state index >= 15 is 0 Å². The third-order valence-electron chi connectivity index (χ3n) is 5.51. The molecule has 2 aliphatic heterocycles. The van der Waals surface area contributed by atoms with E-state index in [1.165, 1.54) is 15.9 Å². The van der Waals surface area contributed by atoms with E-state index < -0.39 is 10.0 Å². The van der Waals surface area contributed by atoms with Gasteiger partial charge in [-0.3, -0.25) is 4.79 Å². The first-order valence-corrected chi connectivity index (χ1v) is 12.5. The topological polar surface area (TPSA) is 78.5 Å². The molecule has 2 N–H and O–H groups in total. The Hall–Kier alpha value is -1.45. The zero-order valence-electron chi connectivity index (χ0n) is 16.0. The Labute approximate surface area is 180 Å². The summed E-state index contributed by atoms with van der Waals surface area (Å²) in [4.78, 5) is 12.9. The number of hydrogen-bond acceptors (Lipinski definition) is 5. The molecule has 3 heterocycles. The number of sulfonamides is 1. The Bertz CT molecular complexity index is 1000. The van der Waals surface area contributed by atoms with Crippen LogP contribution in [0.15, 0.2) is 35.2 Å². The van der Waals surface area contributed by atoms with Crippen molar-refractivity contribution in [3.8, 4) is 0 Å². The highest BCUT2D eigenvalue weighted by Gasteiger charge is 2.33. The molecule has 1 atom stereocenters. The first-order chi connectivity index (χ1) is 13.9. The Morgan fingerprint density at radius 2 is 2.07 bits per heavy atom. The summed E-state index contributed by atoms with van der Waals surface area (Å²) >= 11 is 7.14. The van der Waals surface area contributed by atoms with E-state index in [1.54, 1.807) is 0 Å². The van der Waals surface area contributed by atoms with Crippen molar-refractivity contribution < 1.29 is 13.2 Å². The molecule has 1 fully saturated rings. The fraction of sp³-hybridized carbons (Fsp3) is 0.450. The van der Waals surface area contributed by atoms with Gasteiger partial charge in [-0.05, 0) is 43.0 Å². The van der Waals surface area contributed by atoms with Gasteiger partial charge in [0.05, 0.1) is 4.34 Å². The van der Waals surface area contributed by atoms with Crippen LogP contribution in [0.1, 0.15) is 40.1 Å². The molecule has 0 aliphatic carbocycles. The molecular weight excluding hydrogens is 430 g/mol. The fourth-order valence-electron chi connectivity index (χ4n) is 3.90. The summed E-state index contributed by atoms with van der Waals surface area (Å²) in [6.07, 6.45) is 3.94. The minimum absolute atomic E-state index is 0.000912. The summed E-state index contributed by atoms with van der Waals surface area (Å²) in [6.45, 7) is 2.12. The van der Waals surface area contributed by atoms with Crippen molar-refractivity contribution in [3.63, 3.8) is 0 Å². The van der Waals surface area contributed by atoms with Crippen molar-refractivity contribution >= 4 is 38.9 Å². The molecule has 0 unspecified atom stereocenters. The SMILES string of the molecule is O=C(NC[C@H]1CCCCN1)c1sc(Cl)cc1S(=O)(=O)N1CCc2ccccc2C1. The van der Waals surface area contributed by atoms with E-state index in [1.807, 2.05) is 24.3 Å². The van der Waals surface area contributed by atoms with E-state index in [0.29, 0.717) is 30.4 Å². The fourth-order valence-corrected chi connectivity index (χ4v) is 7.03. The van der Waals surface area contributed by atoms with Gasteiger partial charge in [0, 0.05) is 25.7 Å². The quantitative estimate of drug-likeness (QED) is 0.729. The van der Waals surface area contributed by atoms with Crippen LogP contribution in [0.2, 0.25) is 4.34 Å². The van der Waals surface area contributed by atoms with E-state index in [2.05, 4.69) is 10.6 Å². The number of nitrogens with zero attached hydrogens (tertiary/aromatic N) is 1. The Morgan fingerprint density at radius 3 is 2.83 bits per heavy atom. The Balaban J connectivity index is 1.53. The lowest BCUT2D eigenvalue weighted by Crippen LogP contribution is -2.43. The predicted molar refractivity (Wildman–Crippen MR) is 115 cm³/mol. The number of rotatable bonds is 5. The largest absolute Gasteiger partial charge is 0.350 e. The molecule has 2 aliphatic rings. The summed E-state index contributed by atoms with van der Waals surface area (Å²) in [5.41, 5.74) is 2.17. The molecule has 0 bridgehead atoms. The summed E-state index contributed by atoms with van der Waals surface area (Å²) < 4.78 is 28.4. The van der Waals surface area contributed by atoms with Crippen LogP contribution >= 0.6 is 22.9 Å². The maximum Gasteiger partial charge on any atom is 0.262 e. The molecule has 4 rings (SSSR count). The highest BCUT2D eigenvalue weighted by atomic mass is 35.5. The lowest BCUT2D eigenvalue weighted by molar-refractivity contribution is 0.0948. The number of amides is 1. The average Bonchev–Trinajstić information content (AvgIpc) is 3.15. The highest BCUT2D eigenvalue weighted by molar-refractivity contribution is 7.89. The van der Waals surface area contributed by atoms with Crippen LogP contribution in [0, 0.1) is 0 Å². The highest BCUT2D eigenvalue weighted by Crippen LogP contribution is 2.34. The molecule has 0 radical (unpaired) electrons. The second-order valence-electron chi connectivity index (χ2n) is 7.46. The molecule has 1 amide bonds. The van der Waals surface area contributed by atoms with Gasteiger partial charge in [0.1, 0.15) is 9.77 Å². The van der Waals surface area contributed by atoms with Crippen LogP contribution in [0.5, 0.6) is 0 Å². The van der Waals surface area contributed by atoms with Crippen LogP contribution in [0.25, 0.3) is 0 Å². The number of benzene rings is 1. The van der Waals surface area contributed by atoms with Crippen LogP contribution in [0.4, 0.5) is 0 Å². The van der Waals surface area contributed by atoms with Gasteiger partial charge in [-0.15, -0.1) is 11.3 Å². The number of fused-ring (bicyclic) bond motifs is 1. The molecular formula is C20H24ClN3O3S2. The monoisotopic (exact) mass is 453 g/mol. The molecule has 156 valence electrons. The number of halogens is 1. The molecule has 29 heavy (non-hydrogen) atoms. The minimum atomic E-state index is -3.82. The smallest absolute Gasteiger partial charge is 0.262 e. The van der Waals surface area contributed by atoms with Crippen LogP contribution in [-0.2, 0) is 23.0 Å². The lowest BCUT2D eigenvalue weighted by atomic mass is 10.0. The van der Waals surface area contributed by atoms with Gasteiger partial charge in [0.15, 0.2) is 0 Å². The van der Waals surface area contributed by atoms with Crippen molar-refractivity contribution in [2.24, 2.45) is 0 Å². The third kappa shape index (κ3) is 4.51. The Kier molecular flexibility index (Phi) is 6.27. The molecule has 1 saturated heterocycles. The summed E-state index contributed by atoms with van der Waals surface area (Å²) in [7, 11) is -3.82. The number of carbonyl (C=O) groups is 1. The minimum Gasteiger partial charge on any atom is -0.350 e. The van der Waals surface area contributed by atoms with E-state index in [0.717, 1.165) is 42.7 Å². The molecule has 6 nitrogen and oxygen atoms in total. The molecule has 1 aromatic heterocycles. The molecule has 1 aromatic carbocycles. The third-order valence-corrected chi connectivity index (χ3v) is 8.77. The van der Waals surface area contributed by atoms with Crippen molar-refractivity contribution in [3.05, 3.63) is 50.7 Å². The zero-order chi connectivity index (χ0) is 20.4. The van der Waals surface area contributed by atoms with Crippen molar-refractivity contribution in [2.45, 2.75) is 43.2 Å². The van der Waals surface area contributed by atoms with Gasteiger partial charge in [0.25, 0.3) is 5.91 Å². The van der Waals surface area contributed by atoms with Crippen molar-refractivity contribution in [1.29, 1.82) is 0 Å². The van der Waals surface area contributed by atoms with Gasteiger partial charge < -0.3 is 10.6 Å². The second-order valence-corrected chi connectivity index (χ2v) is 11.0. The standard InChI is InChI=1S/C20H24ClN3O3S2/c21-18-11-17(19(28-18)20(25)23-12-16-7-3-4-9-22-16)29(26,27)24-10-8-14-5-1-2-6-15(14)13-24/h1-2,5-6,11,16,22H,3-4,7-10,12-13H2,(H,23,25)/t16-/m1/s1. The number of thiophene rings is 1. The molecule has 0 spiro atoms. The maximum atomic E-state index is 13.3. The van der Waals surface area contributed by atoms with E-state index in [4.69, 9.17) is 11.6 Å². The average molecular weight is 454 g/mol. The number of carbonyl (C=O) groups excluding carboxylic acids is 1. The van der Waals surface area contributed by atoms with Gasteiger partial charge in [-0.25, -0.2) is 8.42 Å². The van der Waals surface area contributed by atoms with Gasteiger partial charge in [-0.2, -0.15) is 4.31 Å². The van der Waals surface area contributed by atoms with Crippen LogP contribution in [-0.4, -0.2) is 44.3 Å². The van der Waals surface area contributed by atoms with Gasteiger partial charge in [-0.1, -0.05) is 42.3 Å². The second kappa shape index (κ2) is 8.73. The summed E-state index contributed by atoms with van der Waals surface area (Å²) in [5.74, 6) is -0.384. The first-order valence-electron chi connectivity index (χ1n) is 9.83. The predicted octanol–water partition coefficient (Wildman–Crippen LogP) is 3.02. The van der Waals surface area contributed by atoms with E-state index in [9.17, 15) is 13.2 Å². The van der Waals surface area contributed by atoms with Crippen molar-refractivity contribution in [1.82, 2.24) is 14.9 Å². The van der Waals surface area contributed by atoms with Gasteiger partial charge >= 0.3 is 0 Å². The van der Waals surface area contributed by atoms with Gasteiger partial charge in [0.2, 0.25) is 10.0 Å². The lowest BCUT2D eigenvalue weighted by Gasteiger charge is -2.28. The Morgan fingerprint density at radius 1 is 1.28 bits per heavy atom.